The Kier molecular flexibility index (Phi) is 15.3. The van der Waals surface area contributed by atoms with Crippen molar-refractivity contribution in [3.05, 3.63) is 68.1 Å². The highest BCUT2D eigenvalue weighted by Gasteiger charge is 2.08. The SMILES string of the molecule is CCCCC/C=C(/C/C=C/C/C=C/C/C=C(/CCCC=O)[N+](=O)[O-])[N+](=O)[O-]. The summed E-state index contributed by atoms with van der Waals surface area (Å²) >= 11 is 0. The predicted molar refractivity (Wildman–Crippen MR) is 106 cm³/mol. The highest BCUT2D eigenvalue weighted by molar-refractivity contribution is 5.49. The van der Waals surface area contributed by atoms with Gasteiger partial charge in [0.15, 0.2) is 0 Å². The lowest BCUT2D eigenvalue weighted by molar-refractivity contribution is -0.428. The van der Waals surface area contributed by atoms with Gasteiger partial charge in [-0.1, -0.05) is 44.1 Å². The van der Waals surface area contributed by atoms with Crippen LogP contribution in [0.2, 0.25) is 0 Å². The van der Waals surface area contributed by atoms with Crippen molar-refractivity contribution >= 4 is 6.29 Å². The molecule has 0 unspecified atom stereocenters. The van der Waals surface area contributed by atoms with Crippen LogP contribution in [0.5, 0.6) is 0 Å². The van der Waals surface area contributed by atoms with E-state index in [1.54, 1.807) is 18.2 Å². The molecular formula is C20H30N2O5. The van der Waals surface area contributed by atoms with Gasteiger partial charge in [0.05, 0.1) is 16.3 Å². The van der Waals surface area contributed by atoms with E-state index in [9.17, 15) is 25.0 Å². The molecule has 7 heteroatoms. The molecule has 0 amide bonds. The number of hydrogen-bond acceptors (Lipinski definition) is 5. The fourth-order valence-corrected chi connectivity index (χ4v) is 2.31. The lowest BCUT2D eigenvalue weighted by Crippen LogP contribution is -1.98. The van der Waals surface area contributed by atoms with Crippen LogP contribution in [0.1, 0.15) is 71.1 Å². The van der Waals surface area contributed by atoms with E-state index < -0.39 is 4.92 Å². The highest BCUT2D eigenvalue weighted by Crippen LogP contribution is 2.10. The molecule has 0 aliphatic carbocycles. The molecule has 0 heterocycles. The summed E-state index contributed by atoms with van der Waals surface area (Å²) in [6.45, 7) is 2.09. The zero-order valence-corrected chi connectivity index (χ0v) is 16.0. The van der Waals surface area contributed by atoms with Gasteiger partial charge in [-0.15, -0.1) is 0 Å². The second kappa shape index (κ2) is 16.9. The van der Waals surface area contributed by atoms with Crippen LogP contribution in [0.3, 0.4) is 0 Å². The maximum absolute atomic E-state index is 11.0. The van der Waals surface area contributed by atoms with Crippen LogP contribution in [0.25, 0.3) is 0 Å². The first-order chi connectivity index (χ1) is 13.0. The van der Waals surface area contributed by atoms with Crippen LogP contribution < -0.4 is 0 Å². The standard InChI is InChI=1S/C20H30N2O5/c1-2-3-4-9-14-19(21(24)25)15-10-7-5-6-8-11-16-20(22(26)27)17-12-13-18-23/h6-8,10,14,16,18H,2-5,9,11-13,15,17H2,1H3/b8-6+,10-7+,19-14-,20-16-. The van der Waals surface area contributed by atoms with E-state index in [-0.39, 0.29) is 22.7 Å². The summed E-state index contributed by atoms with van der Waals surface area (Å²) in [5.74, 6) is 0. The van der Waals surface area contributed by atoms with Crippen LogP contribution in [-0.2, 0) is 4.79 Å². The molecule has 0 radical (unpaired) electrons. The number of allylic oxidation sites excluding steroid dienone is 7. The van der Waals surface area contributed by atoms with Crippen LogP contribution >= 0.6 is 0 Å². The first-order valence-electron chi connectivity index (χ1n) is 9.43. The quantitative estimate of drug-likeness (QED) is 0.115. The van der Waals surface area contributed by atoms with E-state index in [1.807, 2.05) is 18.2 Å². The van der Waals surface area contributed by atoms with E-state index in [1.165, 1.54) is 0 Å². The van der Waals surface area contributed by atoms with E-state index in [0.29, 0.717) is 32.1 Å². The topological polar surface area (TPSA) is 103 Å². The Morgan fingerprint density at radius 1 is 0.815 bits per heavy atom. The van der Waals surface area contributed by atoms with Gasteiger partial charge in [-0.25, -0.2) is 0 Å². The van der Waals surface area contributed by atoms with E-state index in [2.05, 4.69) is 6.92 Å². The molecule has 150 valence electrons. The molecule has 7 nitrogen and oxygen atoms in total. The number of nitrogens with zero attached hydrogens (tertiary/aromatic N) is 2. The second-order valence-electron chi connectivity index (χ2n) is 6.08. The molecule has 0 bridgehead atoms. The Bertz CT molecular complexity index is 577. The van der Waals surface area contributed by atoms with Gasteiger partial charge in [0, 0.05) is 12.8 Å². The summed E-state index contributed by atoms with van der Waals surface area (Å²) in [7, 11) is 0. The molecule has 0 aliphatic heterocycles. The normalized spacial score (nSPS) is 12.8. The van der Waals surface area contributed by atoms with Crippen molar-refractivity contribution in [3.63, 3.8) is 0 Å². The summed E-state index contributed by atoms with van der Waals surface area (Å²) in [4.78, 5) is 31.4. The Morgan fingerprint density at radius 2 is 1.48 bits per heavy atom. The van der Waals surface area contributed by atoms with Crippen LogP contribution in [0, 0.1) is 20.2 Å². The lowest BCUT2D eigenvalue weighted by Gasteiger charge is -1.96. The first kappa shape index (κ1) is 24.4. The number of aldehydes is 1. The monoisotopic (exact) mass is 378 g/mol. The molecule has 0 rings (SSSR count). The van der Waals surface area contributed by atoms with Crippen LogP contribution in [-0.4, -0.2) is 16.1 Å². The van der Waals surface area contributed by atoms with Crippen molar-refractivity contribution in [2.45, 2.75) is 71.1 Å². The van der Waals surface area contributed by atoms with Crippen molar-refractivity contribution < 1.29 is 14.6 Å². The molecule has 0 saturated heterocycles. The minimum atomic E-state index is -0.412. The molecule has 0 spiro atoms. The highest BCUT2D eigenvalue weighted by atomic mass is 16.6. The third-order valence-corrected chi connectivity index (χ3v) is 3.83. The van der Waals surface area contributed by atoms with Crippen molar-refractivity contribution in [3.8, 4) is 0 Å². The zero-order valence-electron chi connectivity index (χ0n) is 16.0. The molecule has 0 aliphatic rings. The molecule has 0 aromatic heterocycles. The predicted octanol–water partition coefficient (Wildman–Crippen LogP) is 5.54. The summed E-state index contributed by atoms with van der Waals surface area (Å²) in [6.07, 6.45) is 17.6. The number of carbonyl (C=O) groups excluding carboxylic acids is 1. The van der Waals surface area contributed by atoms with Gasteiger partial charge in [-0.3, -0.25) is 20.2 Å². The van der Waals surface area contributed by atoms with Crippen molar-refractivity contribution in [2.75, 3.05) is 0 Å². The molecule has 0 aromatic carbocycles. The molecule has 0 saturated carbocycles. The van der Waals surface area contributed by atoms with E-state index in [4.69, 9.17) is 0 Å². The van der Waals surface area contributed by atoms with E-state index >= 15 is 0 Å². The maximum Gasteiger partial charge on any atom is 0.246 e. The molecule has 0 N–H and O–H groups in total. The average molecular weight is 378 g/mol. The van der Waals surface area contributed by atoms with Crippen molar-refractivity contribution in [2.24, 2.45) is 0 Å². The Hall–Kier alpha value is -2.57. The average Bonchev–Trinajstić information content (AvgIpc) is 2.63. The van der Waals surface area contributed by atoms with E-state index in [0.717, 1.165) is 32.0 Å². The Morgan fingerprint density at radius 3 is 2.11 bits per heavy atom. The van der Waals surface area contributed by atoms with Gasteiger partial charge in [-0.2, -0.15) is 0 Å². The van der Waals surface area contributed by atoms with Gasteiger partial charge in [0.2, 0.25) is 11.4 Å². The van der Waals surface area contributed by atoms with Gasteiger partial charge < -0.3 is 4.79 Å². The van der Waals surface area contributed by atoms with Crippen molar-refractivity contribution in [1.29, 1.82) is 0 Å². The summed E-state index contributed by atoms with van der Waals surface area (Å²) < 4.78 is 0. The smallest absolute Gasteiger partial charge is 0.246 e. The molecule has 0 aromatic rings. The van der Waals surface area contributed by atoms with Gasteiger partial charge in [0.25, 0.3) is 0 Å². The fourth-order valence-electron chi connectivity index (χ4n) is 2.31. The van der Waals surface area contributed by atoms with Gasteiger partial charge in [-0.05, 0) is 44.3 Å². The third-order valence-electron chi connectivity index (χ3n) is 3.83. The summed E-state index contributed by atoms with van der Waals surface area (Å²) in [6, 6.07) is 0. The molecule has 0 fully saturated rings. The number of carbonyl (C=O) groups is 1. The van der Waals surface area contributed by atoms with Crippen molar-refractivity contribution in [1.82, 2.24) is 0 Å². The number of nitro groups is 2. The van der Waals surface area contributed by atoms with Crippen LogP contribution in [0.4, 0.5) is 0 Å². The first-order valence-corrected chi connectivity index (χ1v) is 9.43. The lowest BCUT2D eigenvalue weighted by atomic mass is 10.1. The number of rotatable bonds is 16. The Labute approximate surface area is 160 Å². The molecule has 27 heavy (non-hydrogen) atoms. The number of hydrogen-bond donors (Lipinski definition) is 0. The largest absolute Gasteiger partial charge is 0.303 e. The minimum Gasteiger partial charge on any atom is -0.303 e. The van der Waals surface area contributed by atoms with Gasteiger partial charge in [0.1, 0.15) is 6.29 Å². The molecule has 0 atom stereocenters. The fraction of sp³-hybridized carbons (Fsp3) is 0.550. The second-order valence-corrected chi connectivity index (χ2v) is 6.08. The summed E-state index contributed by atoms with van der Waals surface area (Å²) in [5.41, 5.74) is 0.348. The maximum atomic E-state index is 11.0. The number of unbranched alkanes of at least 4 members (excludes halogenated alkanes) is 4. The Balaban J connectivity index is 4.27. The zero-order chi connectivity index (χ0) is 20.3. The minimum absolute atomic E-state index is 0.126. The van der Waals surface area contributed by atoms with Gasteiger partial charge >= 0.3 is 0 Å². The molecular weight excluding hydrogens is 348 g/mol. The third kappa shape index (κ3) is 14.3. The summed E-state index contributed by atoms with van der Waals surface area (Å²) in [5, 5.41) is 21.9. The van der Waals surface area contributed by atoms with Crippen LogP contribution in [0.15, 0.2) is 47.9 Å².